The molecule has 2 amide bonds. The van der Waals surface area contributed by atoms with E-state index in [1.807, 2.05) is 18.2 Å². The summed E-state index contributed by atoms with van der Waals surface area (Å²) in [7, 11) is 0. The molecule has 7 heteroatoms. The fourth-order valence-corrected chi connectivity index (χ4v) is 2.39. The van der Waals surface area contributed by atoms with Crippen molar-refractivity contribution in [2.24, 2.45) is 0 Å². The molecule has 0 aromatic carbocycles. The molecule has 3 heterocycles. The van der Waals surface area contributed by atoms with Crippen LogP contribution in [0.4, 0.5) is 0 Å². The number of halogens is 1. The van der Waals surface area contributed by atoms with Crippen molar-refractivity contribution >= 4 is 33.4 Å². The number of piperidine rings is 1. The number of carbonyl (C=O) groups excluding carboxylic acids is 2. The average Bonchev–Trinajstić information content (AvgIpc) is 2.74. The lowest BCUT2D eigenvalue weighted by molar-refractivity contribution is -0.134. The lowest BCUT2D eigenvalue weighted by atomic mass is 9.98. The van der Waals surface area contributed by atoms with Crippen molar-refractivity contribution in [3.63, 3.8) is 0 Å². The van der Waals surface area contributed by atoms with E-state index in [1.54, 1.807) is 4.52 Å². The molecule has 1 saturated heterocycles. The molecule has 1 fully saturated rings. The molecule has 3 rings (SSSR count). The van der Waals surface area contributed by atoms with Crippen LogP contribution in [0.15, 0.2) is 22.8 Å². The highest BCUT2D eigenvalue weighted by Gasteiger charge is 2.31. The second kappa shape index (κ2) is 4.16. The van der Waals surface area contributed by atoms with Gasteiger partial charge in [-0.15, -0.1) is 5.10 Å². The Bertz CT molecular complexity index is 652. The van der Waals surface area contributed by atoms with E-state index < -0.39 is 5.92 Å². The maximum Gasteiger partial charge on any atom is 0.237 e. The zero-order chi connectivity index (χ0) is 12.7. The summed E-state index contributed by atoms with van der Waals surface area (Å²) in [6.45, 7) is 0. The Labute approximate surface area is 111 Å². The first-order valence-corrected chi connectivity index (χ1v) is 6.29. The second-order valence-corrected chi connectivity index (χ2v) is 4.90. The van der Waals surface area contributed by atoms with E-state index in [4.69, 9.17) is 0 Å². The van der Waals surface area contributed by atoms with Gasteiger partial charge < -0.3 is 0 Å². The van der Waals surface area contributed by atoms with Gasteiger partial charge in [0.1, 0.15) is 10.5 Å². The number of aromatic nitrogens is 3. The van der Waals surface area contributed by atoms with Gasteiger partial charge in [0.25, 0.3) is 0 Å². The minimum absolute atomic E-state index is 0.235. The first-order valence-electron chi connectivity index (χ1n) is 5.50. The molecule has 1 unspecified atom stereocenters. The van der Waals surface area contributed by atoms with Crippen molar-refractivity contribution in [2.45, 2.75) is 18.8 Å². The van der Waals surface area contributed by atoms with Gasteiger partial charge in [-0.25, -0.2) is 9.50 Å². The quantitative estimate of drug-likeness (QED) is 0.630. The van der Waals surface area contributed by atoms with Crippen LogP contribution in [-0.4, -0.2) is 26.4 Å². The maximum atomic E-state index is 11.7. The summed E-state index contributed by atoms with van der Waals surface area (Å²) < 4.78 is 2.39. The number of pyridine rings is 1. The van der Waals surface area contributed by atoms with E-state index in [-0.39, 0.29) is 11.8 Å². The molecule has 2 aromatic heterocycles. The van der Waals surface area contributed by atoms with Gasteiger partial charge in [0.05, 0.1) is 0 Å². The van der Waals surface area contributed by atoms with Gasteiger partial charge >= 0.3 is 0 Å². The van der Waals surface area contributed by atoms with Crippen LogP contribution < -0.4 is 5.32 Å². The smallest absolute Gasteiger partial charge is 0.237 e. The lowest BCUT2D eigenvalue weighted by Crippen LogP contribution is -2.39. The van der Waals surface area contributed by atoms with Crippen molar-refractivity contribution < 1.29 is 9.59 Å². The molecule has 6 nitrogen and oxygen atoms in total. The Morgan fingerprint density at radius 3 is 2.94 bits per heavy atom. The highest BCUT2D eigenvalue weighted by molar-refractivity contribution is 9.10. The number of fused-ring (bicyclic) bond motifs is 1. The molecule has 18 heavy (non-hydrogen) atoms. The van der Waals surface area contributed by atoms with E-state index in [0.29, 0.717) is 24.3 Å². The normalized spacial score (nSPS) is 20.2. The molecule has 0 aliphatic carbocycles. The Kier molecular flexibility index (Phi) is 2.62. The van der Waals surface area contributed by atoms with Crippen LogP contribution in [-0.2, 0) is 9.59 Å². The van der Waals surface area contributed by atoms with E-state index >= 15 is 0 Å². The van der Waals surface area contributed by atoms with E-state index in [2.05, 4.69) is 31.3 Å². The highest BCUT2D eigenvalue weighted by Crippen LogP contribution is 2.23. The van der Waals surface area contributed by atoms with E-state index in [1.165, 1.54) is 0 Å². The largest absolute Gasteiger partial charge is 0.296 e. The number of hydrogen-bond donors (Lipinski definition) is 1. The number of hydrogen-bond acceptors (Lipinski definition) is 4. The minimum Gasteiger partial charge on any atom is -0.296 e. The third-order valence-electron chi connectivity index (χ3n) is 2.88. The van der Waals surface area contributed by atoms with Crippen molar-refractivity contribution in [3.05, 3.63) is 28.6 Å². The van der Waals surface area contributed by atoms with Crippen LogP contribution in [0.25, 0.3) is 5.65 Å². The fraction of sp³-hybridized carbons (Fsp3) is 0.273. The first-order chi connectivity index (χ1) is 8.65. The SMILES string of the molecule is O=C1CCC(c2nc3cccc(Br)n3n2)C(=O)N1. The fourth-order valence-electron chi connectivity index (χ4n) is 1.98. The van der Waals surface area contributed by atoms with Crippen LogP contribution >= 0.6 is 15.9 Å². The number of imide groups is 1. The van der Waals surface area contributed by atoms with Gasteiger partial charge in [-0.05, 0) is 34.5 Å². The van der Waals surface area contributed by atoms with Crippen LogP contribution in [0.5, 0.6) is 0 Å². The topological polar surface area (TPSA) is 76.4 Å². The molecule has 2 aromatic rings. The monoisotopic (exact) mass is 308 g/mol. The summed E-state index contributed by atoms with van der Waals surface area (Å²) in [4.78, 5) is 27.1. The Hall–Kier alpha value is -1.76. The Morgan fingerprint density at radius 2 is 2.22 bits per heavy atom. The van der Waals surface area contributed by atoms with Crippen molar-refractivity contribution in [1.82, 2.24) is 19.9 Å². The maximum absolute atomic E-state index is 11.7. The number of rotatable bonds is 1. The van der Waals surface area contributed by atoms with Crippen molar-refractivity contribution in [1.29, 1.82) is 0 Å². The van der Waals surface area contributed by atoms with Gasteiger partial charge in [-0.1, -0.05) is 6.07 Å². The summed E-state index contributed by atoms with van der Waals surface area (Å²) >= 11 is 3.36. The second-order valence-electron chi connectivity index (χ2n) is 4.09. The molecule has 0 saturated carbocycles. The molecule has 1 atom stereocenters. The number of nitrogens with one attached hydrogen (secondary N) is 1. The van der Waals surface area contributed by atoms with Crippen LogP contribution in [0.3, 0.4) is 0 Å². The zero-order valence-corrected chi connectivity index (χ0v) is 10.8. The summed E-state index contributed by atoms with van der Waals surface area (Å²) in [5.41, 5.74) is 0.670. The molecule has 1 aliphatic heterocycles. The molecule has 1 N–H and O–H groups in total. The molecule has 1 aliphatic rings. The van der Waals surface area contributed by atoms with Crippen LogP contribution in [0.2, 0.25) is 0 Å². The van der Waals surface area contributed by atoms with Gasteiger partial charge in [0.2, 0.25) is 11.8 Å². The molecule has 0 bridgehead atoms. The highest BCUT2D eigenvalue weighted by atomic mass is 79.9. The number of amides is 2. The lowest BCUT2D eigenvalue weighted by Gasteiger charge is -2.17. The van der Waals surface area contributed by atoms with Crippen LogP contribution in [0.1, 0.15) is 24.6 Å². The Balaban J connectivity index is 2.02. The summed E-state index contributed by atoms with van der Waals surface area (Å²) in [5.74, 6) is -0.555. The standard InChI is InChI=1S/C11H9BrN4O2/c12-7-2-1-3-8-13-10(15-16(7)8)6-4-5-9(17)14-11(6)18/h1-3,6H,4-5H2,(H,14,17,18). The van der Waals surface area contributed by atoms with Crippen LogP contribution in [0, 0.1) is 0 Å². The number of carbonyl (C=O) groups is 2. The summed E-state index contributed by atoms with van der Waals surface area (Å²) in [5, 5.41) is 6.61. The third-order valence-corrected chi connectivity index (χ3v) is 3.48. The van der Waals surface area contributed by atoms with E-state index in [0.717, 1.165) is 4.60 Å². The molecular formula is C11H9BrN4O2. The average molecular weight is 309 g/mol. The summed E-state index contributed by atoms with van der Waals surface area (Å²) in [6, 6.07) is 5.51. The summed E-state index contributed by atoms with van der Waals surface area (Å²) in [6.07, 6.45) is 0.784. The van der Waals surface area contributed by atoms with Gasteiger partial charge in [-0.3, -0.25) is 14.9 Å². The molecular weight excluding hydrogens is 300 g/mol. The molecule has 92 valence electrons. The molecule has 0 spiro atoms. The minimum atomic E-state index is -0.450. The number of nitrogens with zero attached hydrogens (tertiary/aromatic N) is 3. The van der Waals surface area contributed by atoms with E-state index in [9.17, 15) is 9.59 Å². The Morgan fingerprint density at radius 1 is 1.39 bits per heavy atom. The first kappa shape index (κ1) is 11.3. The van der Waals surface area contributed by atoms with Crippen molar-refractivity contribution in [3.8, 4) is 0 Å². The zero-order valence-electron chi connectivity index (χ0n) is 9.26. The predicted octanol–water partition coefficient (Wildman–Crippen LogP) is 1.01. The van der Waals surface area contributed by atoms with Gasteiger partial charge in [-0.2, -0.15) is 0 Å². The van der Waals surface area contributed by atoms with Gasteiger partial charge in [0, 0.05) is 6.42 Å². The van der Waals surface area contributed by atoms with Gasteiger partial charge in [0.15, 0.2) is 11.5 Å². The third kappa shape index (κ3) is 1.80. The van der Waals surface area contributed by atoms with Crippen molar-refractivity contribution in [2.75, 3.05) is 0 Å². The molecule has 0 radical (unpaired) electrons. The predicted molar refractivity (Wildman–Crippen MR) is 65.8 cm³/mol.